The van der Waals surface area contributed by atoms with Crippen molar-refractivity contribution in [3.8, 4) is 11.4 Å². The molecule has 0 bridgehead atoms. The first-order valence-corrected chi connectivity index (χ1v) is 13.4. The van der Waals surface area contributed by atoms with E-state index in [0.29, 0.717) is 43.2 Å². The lowest BCUT2D eigenvalue weighted by Gasteiger charge is -2.12. The topological polar surface area (TPSA) is 98.1 Å². The predicted molar refractivity (Wildman–Crippen MR) is 151 cm³/mol. The van der Waals surface area contributed by atoms with Crippen LogP contribution < -0.4 is 15.4 Å². The van der Waals surface area contributed by atoms with Crippen LogP contribution >= 0.6 is 46.6 Å². The monoisotopic (exact) mass is 589 g/mol. The summed E-state index contributed by atoms with van der Waals surface area (Å²) in [5.41, 5.74) is 2.39. The summed E-state index contributed by atoms with van der Waals surface area (Å²) in [5.74, 6) is 0.499. The van der Waals surface area contributed by atoms with E-state index in [1.807, 2.05) is 31.2 Å². The number of amides is 2. The number of halogens is 3. The number of hydrogen-bond acceptors (Lipinski definition) is 6. The number of carbonyl (C=O) groups excluding carboxylic acids is 2. The number of anilines is 1. The van der Waals surface area contributed by atoms with E-state index < -0.39 is 0 Å². The first kappa shape index (κ1) is 27.8. The second-order valence-electron chi connectivity index (χ2n) is 8.06. The maximum Gasteiger partial charge on any atom is 0.258 e. The fourth-order valence-corrected chi connectivity index (χ4v) is 4.54. The Morgan fingerprint density at radius 1 is 0.947 bits per heavy atom. The highest BCUT2D eigenvalue weighted by atomic mass is 35.5. The number of aromatic nitrogens is 3. The van der Waals surface area contributed by atoms with Crippen LogP contribution in [0.2, 0.25) is 15.1 Å². The van der Waals surface area contributed by atoms with E-state index >= 15 is 0 Å². The van der Waals surface area contributed by atoms with Crippen molar-refractivity contribution in [2.75, 3.05) is 17.7 Å². The fourth-order valence-electron chi connectivity index (χ4n) is 3.35. The van der Waals surface area contributed by atoms with Gasteiger partial charge in [0, 0.05) is 10.7 Å². The van der Waals surface area contributed by atoms with E-state index in [0.717, 1.165) is 5.56 Å². The molecule has 4 rings (SSSR count). The Bertz CT molecular complexity index is 1450. The number of carbonyl (C=O) groups is 2. The van der Waals surface area contributed by atoms with E-state index in [2.05, 4.69) is 20.8 Å². The molecule has 3 aromatic carbocycles. The van der Waals surface area contributed by atoms with Gasteiger partial charge in [-0.3, -0.25) is 14.2 Å². The third-order valence-corrected chi connectivity index (χ3v) is 7.04. The lowest BCUT2D eigenvalue weighted by atomic mass is 10.2. The molecule has 0 saturated heterocycles. The van der Waals surface area contributed by atoms with Crippen LogP contribution in [0.1, 0.15) is 11.4 Å². The first-order valence-electron chi connectivity index (χ1n) is 11.3. The number of ether oxygens (including phenoxy) is 1. The number of nitrogens with zero attached hydrogens (tertiary/aromatic N) is 3. The van der Waals surface area contributed by atoms with Gasteiger partial charge in [-0.1, -0.05) is 58.7 Å². The summed E-state index contributed by atoms with van der Waals surface area (Å²) in [7, 11) is 0. The Kier molecular flexibility index (Phi) is 9.52. The molecule has 0 unspecified atom stereocenters. The molecule has 2 N–H and O–H groups in total. The minimum absolute atomic E-state index is 0.0616. The fraction of sp³-hybridized carbons (Fsp3) is 0.154. The van der Waals surface area contributed by atoms with Crippen molar-refractivity contribution >= 4 is 64.1 Å². The van der Waals surface area contributed by atoms with Gasteiger partial charge < -0.3 is 15.4 Å². The summed E-state index contributed by atoms with van der Waals surface area (Å²) < 4.78 is 7.20. The van der Waals surface area contributed by atoms with Gasteiger partial charge >= 0.3 is 0 Å². The average molecular weight is 591 g/mol. The molecule has 0 aliphatic rings. The molecule has 4 aromatic rings. The third-order valence-electron chi connectivity index (χ3n) is 5.12. The Balaban J connectivity index is 1.45. The van der Waals surface area contributed by atoms with Crippen molar-refractivity contribution in [2.24, 2.45) is 0 Å². The van der Waals surface area contributed by atoms with Crippen molar-refractivity contribution in [2.45, 2.75) is 18.6 Å². The molecule has 0 spiro atoms. The number of benzene rings is 3. The van der Waals surface area contributed by atoms with Crippen molar-refractivity contribution in [3.05, 3.63) is 93.2 Å². The molecule has 0 radical (unpaired) electrons. The zero-order valence-corrected chi connectivity index (χ0v) is 23.2. The highest BCUT2D eigenvalue weighted by molar-refractivity contribution is 7.99. The van der Waals surface area contributed by atoms with Gasteiger partial charge in [-0.25, -0.2) is 0 Å². The van der Waals surface area contributed by atoms with Crippen molar-refractivity contribution in [3.63, 3.8) is 0 Å². The lowest BCUT2D eigenvalue weighted by molar-refractivity contribution is -0.123. The molecular formula is C26H22Cl3N5O3S. The van der Waals surface area contributed by atoms with E-state index in [4.69, 9.17) is 39.5 Å². The number of nitrogens with one attached hydrogen (secondary N) is 2. The summed E-state index contributed by atoms with van der Waals surface area (Å²) in [6.07, 6.45) is 0. The van der Waals surface area contributed by atoms with Crippen LogP contribution in [0.15, 0.2) is 71.9 Å². The van der Waals surface area contributed by atoms with E-state index in [9.17, 15) is 9.59 Å². The molecular weight excluding hydrogens is 569 g/mol. The standard InChI is InChI=1S/C26H22Cl3N5O3S/c1-16-3-2-4-18(11-16)31-25(36)15-38-26-33-32-23(34(26)19-7-10-21(28)22(29)12-19)13-30-24(35)14-37-20-8-5-17(27)6-9-20/h2-12H,13-15H2,1H3,(H,30,35)(H,31,36). The van der Waals surface area contributed by atoms with E-state index in [-0.39, 0.29) is 30.7 Å². The molecule has 0 aliphatic heterocycles. The lowest BCUT2D eigenvalue weighted by Crippen LogP contribution is -2.29. The van der Waals surface area contributed by atoms with Crippen molar-refractivity contribution in [1.29, 1.82) is 0 Å². The Morgan fingerprint density at radius 3 is 2.47 bits per heavy atom. The summed E-state index contributed by atoms with van der Waals surface area (Å²) in [5, 5.41) is 15.9. The van der Waals surface area contributed by atoms with Crippen molar-refractivity contribution in [1.82, 2.24) is 20.1 Å². The molecule has 0 aliphatic carbocycles. The molecule has 12 heteroatoms. The molecule has 2 amide bonds. The highest BCUT2D eigenvalue weighted by Crippen LogP contribution is 2.28. The van der Waals surface area contributed by atoms with E-state index in [1.165, 1.54) is 11.8 Å². The second kappa shape index (κ2) is 13.0. The van der Waals surface area contributed by atoms with Crippen LogP contribution in [0.25, 0.3) is 5.69 Å². The quantitative estimate of drug-likeness (QED) is 0.221. The van der Waals surface area contributed by atoms with Crippen LogP contribution in [-0.4, -0.2) is 38.9 Å². The SMILES string of the molecule is Cc1cccc(NC(=O)CSc2nnc(CNC(=O)COc3ccc(Cl)cc3)n2-c2ccc(Cl)c(Cl)c2)c1. The highest BCUT2D eigenvalue weighted by Gasteiger charge is 2.18. The Morgan fingerprint density at radius 2 is 1.74 bits per heavy atom. The first-order chi connectivity index (χ1) is 18.3. The molecule has 0 fully saturated rings. The number of aryl methyl sites for hydroxylation is 1. The molecule has 196 valence electrons. The maximum atomic E-state index is 12.6. The summed E-state index contributed by atoms with van der Waals surface area (Å²) >= 11 is 19.4. The summed E-state index contributed by atoms with van der Waals surface area (Å²) in [4.78, 5) is 25.0. The summed E-state index contributed by atoms with van der Waals surface area (Å²) in [6, 6.07) is 19.3. The van der Waals surface area contributed by atoms with Gasteiger partial charge in [0.05, 0.1) is 28.0 Å². The normalized spacial score (nSPS) is 10.7. The van der Waals surface area contributed by atoms with Gasteiger partial charge in [-0.2, -0.15) is 0 Å². The minimum atomic E-state index is -0.352. The van der Waals surface area contributed by atoms with Gasteiger partial charge in [0.15, 0.2) is 17.6 Å². The van der Waals surface area contributed by atoms with Gasteiger partial charge in [0.25, 0.3) is 5.91 Å². The molecule has 1 aromatic heterocycles. The number of thioether (sulfide) groups is 1. The van der Waals surface area contributed by atoms with Gasteiger partial charge in [-0.15, -0.1) is 10.2 Å². The number of rotatable bonds is 10. The molecule has 0 atom stereocenters. The second-order valence-corrected chi connectivity index (χ2v) is 10.3. The zero-order valence-electron chi connectivity index (χ0n) is 20.1. The van der Waals surface area contributed by atoms with Crippen LogP contribution in [0.5, 0.6) is 5.75 Å². The zero-order chi connectivity index (χ0) is 27.1. The Hall–Kier alpha value is -3.24. The van der Waals surface area contributed by atoms with Gasteiger partial charge in [0.1, 0.15) is 5.75 Å². The van der Waals surface area contributed by atoms with Gasteiger partial charge in [0.2, 0.25) is 5.91 Å². The maximum absolute atomic E-state index is 12.6. The molecule has 1 heterocycles. The van der Waals surface area contributed by atoms with Crippen molar-refractivity contribution < 1.29 is 14.3 Å². The van der Waals surface area contributed by atoms with Crippen LogP contribution in [0.4, 0.5) is 5.69 Å². The van der Waals surface area contributed by atoms with Crippen LogP contribution in [-0.2, 0) is 16.1 Å². The van der Waals surface area contributed by atoms with Crippen LogP contribution in [0, 0.1) is 6.92 Å². The minimum Gasteiger partial charge on any atom is -0.484 e. The number of hydrogen-bond donors (Lipinski definition) is 2. The largest absolute Gasteiger partial charge is 0.484 e. The summed E-state index contributed by atoms with van der Waals surface area (Å²) in [6.45, 7) is 1.82. The molecule has 0 saturated carbocycles. The van der Waals surface area contributed by atoms with Crippen LogP contribution in [0.3, 0.4) is 0 Å². The molecule has 8 nitrogen and oxygen atoms in total. The smallest absolute Gasteiger partial charge is 0.258 e. The average Bonchev–Trinajstić information content (AvgIpc) is 3.30. The Labute approximate surface area is 238 Å². The third kappa shape index (κ3) is 7.64. The molecule has 38 heavy (non-hydrogen) atoms. The van der Waals surface area contributed by atoms with Gasteiger partial charge in [-0.05, 0) is 67.1 Å². The predicted octanol–water partition coefficient (Wildman–Crippen LogP) is 5.96. The van der Waals surface area contributed by atoms with E-state index in [1.54, 1.807) is 47.0 Å².